The molecule has 1 aliphatic heterocycles. The van der Waals surface area contributed by atoms with Crippen LogP contribution in [0.25, 0.3) is 0 Å². The van der Waals surface area contributed by atoms with Gasteiger partial charge in [0.1, 0.15) is 0 Å². The summed E-state index contributed by atoms with van der Waals surface area (Å²) < 4.78 is 5.52. The number of hydrogen-bond acceptors (Lipinski definition) is 4. The molecule has 4 N–H and O–H groups in total. The third kappa shape index (κ3) is 7.16. The highest BCUT2D eigenvalue weighted by atomic mass is 35.5. The van der Waals surface area contributed by atoms with Crippen LogP contribution >= 0.6 is 12.4 Å². The largest absolute Gasteiger partial charge is 0.376 e. The van der Waals surface area contributed by atoms with E-state index in [9.17, 15) is 9.59 Å². The zero-order chi connectivity index (χ0) is 19.8. The van der Waals surface area contributed by atoms with Crippen molar-refractivity contribution in [1.82, 2.24) is 10.6 Å². The fraction of sp³-hybridized carbons (Fsp3) is 0.364. The molecule has 1 saturated heterocycles. The summed E-state index contributed by atoms with van der Waals surface area (Å²) >= 11 is 0. The van der Waals surface area contributed by atoms with E-state index in [-0.39, 0.29) is 42.8 Å². The van der Waals surface area contributed by atoms with Crippen LogP contribution in [0.3, 0.4) is 0 Å². The van der Waals surface area contributed by atoms with E-state index in [1.54, 1.807) is 12.1 Å². The first kappa shape index (κ1) is 22.9. The topological polar surface area (TPSA) is 93.5 Å². The summed E-state index contributed by atoms with van der Waals surface area (Å²) in [5, 5.41) is 5.78. The number of rotatable bonds is 8. The minimum atomic E-state index is -0.337. The average Bonchev–Trinajstić information content (AvgIpc) is 3.25. The monoisotopic (exact) mass is 417 g/mol. The van der Waals surface area contributed by atoms with Crippen molar-refractivity contribution in [3.8, 4) is 0 Å². The van der Waals surface area contributed by atoms with Crippen LogP contribution in [0.2, 0.25) is 0 Å². The predicted molar refractivity (Wildman–Crippen MR) is 115 cm³/mol. The Morgan fingerprint density at radius 3 is 2.62 bits per heavy atom. The van der Waals surface area contributed by atoms with Crippen LogP contribution in [-0.4, -0.2) is 31.1 Å². The standard InChI is InChI=1S/C22H27N3O3.ClH/c23-20(17-7-2-1-3-8-17)13-21(26)24-14-16-6-4-9-18(12-16)22(27)25-15-19-10-5-11-28-19;/h1-4,6-9,12,19-20H,5,10-11,13-15,23H2,(H,24,26)(H,25,27);1H. The summed E-state index contributed by atoms with van der Waals surface area (Å²) in [6.45, 7) is 1.65. The maximum Gasteiger partial charge on any atom is 0.251 e. The van der Waals surface area contributed by atoms with Crippen LogP contribution in [0.4, 0.5) is 0 Å². The average molecular weight is 418 g/mol. The Kier molecular flexibility index (Phi) is 9.12. The van der Waals surface area contributed by atoms with E-state index in [1.807, 2.05) is 42.5 Å². The van der Waals surface area contributed by atoms with Gasteiger partial charge in [-0.25, -0.2) is 0 Å². The molecule has 0 radical (unpaired) electrons. The molecule has 2 aromatic carbocycles. The third-order valence-corrected chi connectivity index (χ3v) is 4.83. The van der Waals surface area contributed by atoms with Gasteiger partial charge in [0.15, 0.2) is 0 Å². The highest BCUT2D eigenvalue weighted by molar-refractivity contribution is 5.94. The Morgan fingerprint density at radius 2 is 1.90 bits per heavy atom. The quantitative estimate of drug-likeness (QED) is 0.615. The van der Waals surface area contributed by atoms with Crippen LogP contribution in [0, 0.1) is 0 Å². The normalized spacial score (nSPS) is 16.5. The first-order valence-corrected chi connectivity index (χ1v) is 9.68. The summed E-state index contributed by atoms with van der Waals surface area (Å²) in [5.41, 5.74) is 8.46. The molecule has 3 rings (SSSR count). The molecule has 0 aromatic heterocycles. The smallest absolute Gasteiger partial charge is 0.251 e. The molecular formula is C22H28ClN3O3. The Labute approximate surface area is 177 Å². The zero-order valence-electron chi connectivity index (χ0n) is 16.3. The number of nitrogens with two attached hydrogens (primary N) is 1. The van der Waals surface area contributed by atoms with Crippen molar-refractivity contribution >= 4 is 24.2 Å². The number of carbonyl (C=O) groups excluding carboxylic acids is 2. The molecule has 6 nitrogen and oxygen atoms in total. The number of nitrogens with one attached hydrogen (secondary N) is 2. The van der Waals surface area contributed by atoms with Crippen molar-refractivity contribution < 1.29 is 14.3 Å². The second-order valence-corrected chi connectivity index (χ2v) is 7.04. The number of carbonyl (C=O) groups is 2. The predicted octanol–water partition coefficient (Wildman–Crippen LogP) is 2.72. The second kappa shape index (κ2) is 11.6. The fourth-order valence-corrected chi connectivity index (χ4v) is 3.23. The molecule has 156 valence electrons. The van der Waals surface area contributed by atoms with Gasteiger partial charge >= 0.3 is 0 Å². The molecule has 2 aromatic rings. The zero-order valence-corrected chi connectivity index (χ0v) is 17.1. The number of hydrogen-bond donors (Lipinski definition) is 3. The number of amides is 2. The van der Waals surface area contributed by atoms with Gasteiger partial charge < -0.3 is 21.1 Å². The summed E-state index contributed by atoms with van der Waals surface area (Å²) in [5.74, 6) is -0.251. The molecular weight excluding hydrogens is 390 g/mol. The Morgan fingerprint density at radius 1 is 1.10 bits per heavy atom. The molecule has 1 fully saturated rings. The molecule has 1 heterocycles. The molecule has 0 aliphatic carbocycles. The molecule has 1 aliphatic rings. The van der Waals surface area contributed by atoms with Crippen LogP contribution < -0.4 is 16.4 Å². The van der Waals surface area contributed by atoms with Gasteiger partial charge in [-0.15, -0.1) is 12.4 Å². The molecule has 7 heteroatoms. The van der Waals surface area contributed by atoms with Gasteiger partial charge in [0.2, 0.25) is 5.91 Å². The maximum absolute atomic E-state index is 12.3. The molecule has 2 atom stereocenters. The van der Waals surface area contributed by atoms with E-state index in [0.717, 1.165) is 30.6 Å². The highest BCUT2D eigenvalue weighted by Crippen LogP contribution is 2.14. The van der Waals surface area contributed by atoms with Crippen LogP contribution in [0.15, 0.2) is 54.6 Å². The van der Waals surface area contributed by atoms with E-state index < -0.39 is 0 Å². The van der Waals surface area contributed by atoms with Gasteiger partial charge in [0, 0.05) is 37.7 Å². The van der Waals surface area contributed by atoms with Gasteiger partial charge in [-0.1, -0.05) is 42.5 Å². The molecule has 0 bridgehead atoms. The lowest BCUT2D eigenvalue weighted by Gasteiger charge is -2.13. The maximum atomic E-state index is 12.3. The van der Waals surface area contributed by atoms with Crippen molar-refractivity contribution in [1.29, 1.82) is 0 Å². The van der Waals surface area contributed by atoms with Crippen LogP contribution in [0.5, 0.6) is 0 Å². The summed E-state index contributed by atoms with van der Waals surface area (Å²) in [6, 6.07) is 16.5. The first-order chi connectivity index (χ1) is 13.6. The third-order valence-electron chi connectivity index (χ3n) is 4.83. The van der Waals surface area contributed by atoms with Gasteiger partial charge in [-0.2, -0.15) is 0 Å². The van der Waals surface area contributed by atoms with E-state index in [0.29, 0.717) is 18.7 Å². The molecule has 0 saturated carbocycles. The highest BCUT2D eigenvalue weighted by Gasteiger charge is 2.17. The number of halogens is 1. The fourth-order valence-electron chi connectivity index (χ4n) is 3.23. The summed E-state index contributed by atoms with van der Waals surface area (Å²) in [7, 11) is 0. The van der Waals surface area contributed by atoms with Crippen LogP contribution in [-0.2, 0) is 16.1 Å². The Balaban J connectivity index is 0.00000300. The Hall–Kier alpha value is -2.41. The van der Waals surface area contributed by atoms with Crippen molar-refractivity contribution in [3.63, 3.8) is 0 Å². The van der Waals surface area contributed by atoms with Crippen molar-refractivity contribution in [2.75, 3.05) is 13.2 Å². The summed E-state index contributed by atoms with van der Waals surface area (Å²) in [4.78, 5) is 24.5. The molecule has 2 amide bonds. The minimum absolute atomic E-state index is 0. The van der Waals surface area contributed by atoms with E-state index in [4.69, 9.17) is 10.5 Å². The SMILES string of the molecule is Cl.NC(CC(=O)NCc1cccc(C(=O)NCC2CCCO2)c1)c1ccccc1. The lowest BCUT2D eigenvalue weighted by atomic mass is 10.0. The van der Waals surface area contributed by atoms with Gasteiger partial charge in [-0.3, -0.25) is 9.59 Å². The van der Waals surface area contributed by atoms with Crippen molar-refractivity contribution in [2.24, 2.45) is 5.73 Å². The number of benzene rings is 2. The molecule has 29 heavy (non-hydrogen) atoms. The molecule has 2 unspecified atom stereocenters. The first-order valence-electron chi connectivity index (χ1n) is 9.68. The molecule has 0 spiro atoms. The van der Waals surface area contributed by atoms with E-state index >= 15 is 0 Å². The lowest BCUT2D eigenvalue weighted by molar-refractivity contribution is -0.121. The minimum Gasteiger partial charge on any atom is -0.376 e. The van der Waals surface area contributed by atoms with E-state index in [1.165, 1.54) is 0 Å². The van der Waals surface area contributed by atoms with E-state index in [2.05, 4.69) is 10.6 Å². The van der Waals surface area contributed by atoms with Gasteiger partial charge in [-0.05, 0) is 36.1 Å². The number of ether oxygens (including phenoxy) is 1. The lowest BCUT2D eigenvalue weighted by Crippen LogP contribution is -2.32. The van der Waals surface area contributed by atoms with Crippen LogP contribution in [0.1, 0.15) is 46.8 Å². The van der Waals surface area contributed by atoms with Gasteiger partial charge in [0.05, 0.1) is 6.10 Å². The Bertz CT molecular complexity index is 795. The summed E-state index contributed by atoms with van der Waals surface area (Å²) in [6.07, 6.45) is 2.35. The van der Waals surface area contributed by atoms with Crippen molar-refractivity contribution in [2.45, 2.75) is 38.0 Å². The second-order valence-electron chi connectivity index (χ2n) is 7.04. The van der Waals surface area contributed by atoms with Crippen molar-refractivity contribution in [3.05, 3.63) is 71.3 Å². The van der Waals surface area contributed by atoms with Gasteiger partial charge in [0.25, 0.3) is 5.91 Å².